The fraction of sp³-hybridized carbons (Fsp3) is 0.429. The van der Waals surface area contributed by atoms with Crippen molar-refractivity contribution in [2.24, 2.45) is 0 Å². The third kappa shape index (κ3) is 6.81. The van der Waals surface area contributed by atoms with Crippen LogP contribution in [0.1, 0.15) is 18.4 Å². The predicted octanol–water partition coefficient (Wildman–Crippen LogP) is 4.39. The highest BCUT2D eigenvalue weighted by Crippen LogP contribution is 2.40. The molecule has 0 bridgehead atoms. The van der Waals surface area contributed by atoms with Crippen molar-refractivity contribution in [2.75, 3.05) is 20.0 Å². The molecule has 0 atom stereocenters. The van der Waals surface area contributed by atoms with Gasteiger partial charge >= 0.3 is 6.18 Å². The smallest absolute Gasteiger partial charge is 0.389 e. The highest BCUT2D eigenvalue weighted by Gasteiger charge is 2.26. The monoisotopic (exact) mass is 351 g/mol. The minimum Gasteiger partial charge on any atom is -0.495 e. The molecule has 23 heavy (non-hydrogen) atoms. The molecule has 0 aliphatic carbocycles. The van der Waals surface area contributed by atoms with Gasteiger partial charge in [-0.15, -0.1) is 11.8 Å². The van der Waals surface area contributed by atoms with Crippen LogP contribution in [0.25, 0.3) is 6.08 Å². The van der Waals surface area contributed by atoms with Gasteiger partial charge in [0, 0.05) is 12.5 Å². The fourth-order valence-electron chi connectivity index (χ4n) is 1.73. The summed E-state index contributed by atoms with van der Waals surface area (Å²) in [7, 11) is 2.82. The molecule has 0 radical (unpaired) electrons. The molecule has 0 N–H and O–H groups in total. The Hall–Kier alpha value is -1.90. The lowest BCUT2D eigenvalue weighted by Gasteiger charge is -2.14. The summed E-state index contributed by atoms with van der Waals surface area (Å²) in [4.78, 5) is 10.3. The van der Waals surface area contributed by atoms with Crippen molar-refractivity contribution in [1.29, 1.82) is 0 Å². The van der Waals surface area contributed by atoms with Gasteiger partial charge < -0.3 is 9.47 Å². The van der Waals surface area contributed by atoms with E-state index in [1.807, 2.05) is 0 Å². The van der Waals surface area contributed by atoms with E-state index in [1.54, 1.807) is 12.1 Å². The van der Waals surface area contributed by atoms with E-state index in [-0.39, 0.29) is 12.2 Å². The standard InChI is InChI=1S/C14H16F3NO4S/c1-21-11-8-10(4-6-18(19)20)9-12(22-2)13(11)23-7-3-5-14(15,16)17/h4,6,8-9H,3,5,7H2,1-2H3/b6-4+. The van der Waals surface area contributed by atoms with E-state index in [9.17, 15) is 23.3 Å². The first kappa shape index (κ1) is 19.1. The zero-order valence-corrected chi connectivity index (χ0v) is 13.4. The van der Waals surface area contributed by atoms with Crippen molar-refractivity contribution in [3.05, 3.63) is 34.0 Å². The highest BCUT2D eigenvalue weighted by molar-refractivity contribution is 7.99. The van der Waals surface area contributed by atoms with Crippen molar-refractivity contribution < 1.29 is 27.6 Å². The van der Waals surface area contributed by atoms with E-state index in [2.05, 4.69) is 0 Å². The van der Waals surface area contributed by atoms with Crippen molar-refractivity contribution in [3.63, 3.8) is 0 Å². The molecule has 1 rings (SSSR count). The minimum absolute atomic E-state index is 0.0244. The first-order valence-electron chi connectivity index (χ1n) is 6.54. The Morgan fingerprint density at radius 3 is 2.26 bits per heavy atom. The topological polar surface area (TPSA) is 61.6 Å². The second-order valence-electron chi connectivity index (χ2n) is 4.42. The van der Waals surface area contributed by atoms with E-state index >= 15 is 0 Å². The Labute approximate surface area is 135 Å². The Balaban J connectivity index is 2.91. The van der Waals surface area contributed by atoms with Crippen LogP contribution in [0.15, 0.2) is 23.2 Å². The van der Waals surface area contributed by atoms with Crippen LogP contribution in [0.2, 0.25) is 0 Å². The SMILES string of the molecule is COc1cc(/C=C/[N+](=O)[O-])cc(OC)c1SCCCC(F)(F)F. The average Bonchev–Trinajstić information content (AvgIpc) is 2.48. The van der Waals surface area contributed by atoms with Gasteiger partial charge in [0.25, 0.3) is 0 Å². The van der Waals surface area contributed by atoms with Crippen molar-refractivity contribution in [2.45, 2.75) is 23.9 Å². The van der Waals surface area contributed by atoms with Gasteiger partial charge in [0.2, 0.25) is 6.20 Å². The zero-order valence-electron chi connectivity index (χ0n) is 12.6. The number of halogens is 3. The number of hydrogen-bond acceptors (Lipinski definition) is 5. The zero-order chi connectivity index (χ0) is 17.5. The van der Waals surface area contributed by atoms with E-state index in [1.165, 1.54) is 32.1 Å². The number of ether oxygens (including phenoxy) is 2. The summed E-state index contributed by atoms with van der Waals surface area (Å²) < 4.78 is 46.9. The van der Waals surface area contributed by atoms with Gasteiger partial charge in [0.05, 0.1) is 24.0 Å². The Morgan fingerprint density at radius 1 is 1.26 bits per heavy atom. The van der Waals surface area contributed by atoms with Crippen LogP contribution >= 0.6 is 11.8 Å². The van der Waals surface area contributed by atoms with Gasteiger partial charge in [0.15, 0.2) is 0 Å². The molecule has 0 saturated carbocycles. The molecule has 0 aromatic heterocycles. The minimum atomic E-state index is -4.17. The molecule has 0 aliphatic rings. The summed E-state index contributed by atoms with van der Waals surface area (Å²) in [6, 6.07) is 3.13. The van der Waals surface area contributed by atoms with Crippen molar-refractivity contribution >= 4 is 17.8 Å². The second-order valence-corrected chi connectivity index (χ2v) is 5.53. The number of nitro groups is 1. The first-order chi connectivity index (χ1) is 10.8. The summed E-state index contributed by atoms with van der Waals surface area (Å²) in [5, 5.41) is 10.4. The normalized spacial score (nSPS) is 11.7. The second kappa shape index (κ2) is 8.66. The molecule has 1 aromatic rings. The molecule has 1 aromatic carbocycles. The Bertz CT molecular complexity index is 551. The van der Waals surface area contributed by atoms with E-state index in [0.29, 0.717) is 22.0 Å². The molecule has 0 heterocycles. The van der Waals surface area contributed by atoms with Crippen LogP contribution in [0.3, 0.4) is 0 Å². The third-order valence-electron chi connectivity index (χ3n) is 2.72. The maximum Gasteiger partial charge on any atom is 0.389 e. The third-order valence-corrected chi connectivity index (χ3v) is 3.91. The lowest BCUT2D eigenvalue weighted by molar-refractivity contribution is -0.400. The predicted molar refractivity (Wildman–Crippen MR) is 81.6 cm³/mol. The molecule has 5 nitrogen and oxygen atoms in total. The van der Waals surface area contributed by atoms with Gasteiger partial charge in [-0.1, -0.05) is 0 Å². The molecule has 0 aliphatic heterocycles. The maximum absolute atomic E-state index is 12.2. The van der Waals surface area contributed by atoms with Crippen LogP contribution in [-0.2, 0) is 0 Å². The number of methoxy groups -OCH3 is 2. The highest BCUT2D eigenvalue weighted by atomic mass is 32.2. The van der Waals surface area contributed by atoms with Crippen molar-refractivity contribution in [1.82, 2.24) is 0 Å². The lowest BCUT2D eigenvalue weighted by Crippen LogP contribution is -2.07. The molecule has 0 saturated heterocycles. The Kier molecular flexibility index (Phi) is 7.21. The average molecular weight is 351 g/mol. The summed E-state index contributed by atoms with van der Waals surface area (Å²) in [5.41, 5.74) is 0.495. The summed E-state index contributed by atoms with van der Waals surface area (Å²) in [6.07, 6.45) is -2.99. The van der Waals surface area contributed by atoms with E-state index in [0.717, 1.165) is 6.20 Å². The van der Waals surface area contributed by atoms with Gasteiger partial charge in [-0.2, -0.15) is 13.2 Å². The number of benzene rings is 1. The van der Waals surface area contributed by atoms with Crippen LogP contribution in [0, 0.1) is 10.1 Å². The molecule has 9 heteroatoms. The molecule has 128 valence electrons. The summed E-state index contributed by atoms with van der Waals surface area (Å²) in [6.45, 7) is 0. The molecule has 0 fully saturated rings. The number of rotatable bonds is 8. The number of hydrogen-bond donors (Lipinski definition) is 0. The Morgan fingerprint density at radius 2 is 1.83 bits per heavy atom. The quantitative estimate of drug-likeness (QED) is 0.301. The molecular formula is C14H16F3NO4S. The number of nitrogens with zero attached hydrogens (tertiary/aromatic N) is 1. The maximum atomic E-state index is 12.2. The molecule has 0 unspecified atom stereocenters. The molecule has 0 amide bonds. The van der Waals surface area contributed by atoms with Crippen LogP contribution < -0.4 is 9.47 Å². The van der Waals surface area contributed by atoms with Gasteiger partial charge in [-0.05, 0) is 29.9 Å². The van der Waals surface area contributed by atoms with Crippen LogP contribution in [-0.4, -0.2) is 31.1 Å². The van der Waals surface area contributed by atoms with Crippen molar-refractivity contribution in [3.8, 4) is 11.5 Å². The first-order valence-corrected chi connectivity index (χ1v) is 7.52. The van der Waals surface area contributed by atoms with Gasteiger partial charge in [-0.25, -0.2) is 0 Å². The largest absolute Gasteiger partial charge is 0.495 e. The summed E-state index contributed by atoms with van der Waals surface area (Å²) in [5.74, 6) is 1.03. The number of alkyl halides is 3. The molecular weight excluding hydrogens is 335 g/mol. The van der Waals surface area contributed by atoms with Gasteiger partial charge in [0.1, 0.15) is 11.5 Å². The fourth-order valence-corrected chi connectivity index (χ4v) is 2.79. The van der Waals surface area contributed by atoms with E-state index < -0.39 is 17.5 Å². The van der Waals surface area contributed by atoms with E-state index in [4.69, 9.17) is 9.47 Å². The van der Waals surface area contributed by atoms with Gasteiger partial charge in [-0.3, -0.25) is 10.1 Å². The van der Waals surface area contributed by atoms with Crippen LogP contribution in [0.4, 0.5) is 13.2 Å². The molecule has 0 spiro atoms. The number of thioether (sulfide) groups is 1. The lowest BCUT2D eigenvalue weighted by atomic mass is 10.2. The van der Waals surface area contributed by atoms with Crippen LogP contribution in [0.5, 0.6) is 11.5 Å². The summed E-state index contributed by atoms with van der Waals surface area (Å²) >= 11 is 1.19.